The van der Waals surface area contributed by atoms with E-state index in [9.17, 15) is 0 Å². The summed E-state index contributed by atoms with van der Waals surface area (Å²) in [6.07, 6.45) is 0. The van der Waals surface area contributed by atoms with Gasteiger partial charge < -0.3 is 4.74 Å². The summed E-state index contributed by atoms with van der Waals surface area (Å²) in [6, 6.07) is 1.85. The van der Waals surface area contributed by atoms with Gasteiger partial charge in [0.1, 0.15) is 0 Å². The number of ether oxygens (including phenoxy) is 1. The van der Waals surface area contributed by atoms with Crippen molar-refractivity contribution >= 4 is 24.2 Å². The Morgan fingerprint density at radius 3 is 2.53 bits per heavy atom. The van der Waals surface area contributed by atoms with Crippen molar-refractivity contribution in [3.8, 4) is 0 Å². The Morgan fingerprint density at radius 2 is 2.07 bits per heavy atom. The summed E-state index contributed by atoms with van der Waals surface area (Å²) in [6.45, 7) is 7.40. The van der Waals surface area contributed by atoms with Crippen LogP contribution in [0.2, 0.25) is 5.02 Å². The van der Waals surface area contributed by atoms with Gasteiger partial charge >= 0.3 is 0 Å². The van der Waals surface area contributed by atoms with Crippen molar-refractivity contribution in [3.63, 3.8) is 0 Å². The minimum absolute atomic E-state index is 0.375. The maximum absolute atomic E-state index is 6.04. The lowest BCUT2D eigenvalue weighted by Crippen LogP contribution is -2.26. The van der Waals surface area contributed by atoms with Crippen LogP contribution in [-0.2, 0) is 4.74 Å². The summed E-state index contributed by atoms with van der Waals surface area (Å²) in [5.74, 6) is 0.375. The molecule has 1 aliphatic rings. The molecule has 0 N–H and O–H groups in total. The number of hydrogen-bond donors (Lipinski definition) is 1. The van der Waals surface area contributed by atoms with Crippen LogP contribution in [0, 0.1) is 6.92 Å². The highest BCUT2D eigenvalue weighted by molar-refractivity contribution is 7.80. The van der Waals surface area contributed by atoms with E-state index in [4.69, 9.17) is 16.3 Å². The zero-order valence-electron chi connectivity index (χ0n) is 9.25. The van der Waals surface area contributed by atoms with Crippen molar-refractivity contribution < 1.29 is 4.74 Å². The lowest BCUT2D eigenvalue weighted by Gasteiger charge is -2.26. The van der Waals surface area contributed by atoms with Crippen LogP contribution in [-0.4, -0.2) is 18.2 Å². The average molecular weight is 246 g/mol. The first kappa shape index (κ1) is 12.8. The second kappa shape index (κ2) is 5.73. The Balaban J connectivity index is 0.000000531. The van der Waals surface area contributed by atoms with Gasteiger partial charge in [-0.15, -0.1) is 12.6 Å². The third kappa shape index (κ3) is 2.86. The van der Waals surface area contributed by atoms with Crippen LogP contribution in [0.1, 0.15) is 31.2 Å². The molecular weight excluding hydrogens is 230 g/mol. The number of rotatable bonds is 1. The van der Waals surface area contributed by atoms with Crippen molar-refractivity contribution in [1.82, 2.24) is 4.98 Å². The summed E-state index contributed by atoms with van der Waals surface area (Å²) in [7, 11) is 0. The van der Waals surface area contributed by atoms with Crippen LogP contribution in [0.3, 0.4) is 0 Å². The molecule has 0 saturated carbocycles. The van der Waals surface area contributed by atoms with Crippen LogP contribution >= 0.6 is 24.2 Å². The van der Waals surface area contributed by atoms with E-state index >= 15 is 0 Å². The van der Waals surface area contributed by atoms with Crippen molar-refractivity contribution in [3.05, 3.63) is 22.5 Å². The quantitative estimate of drug-likeness (QED) is 0.766. The van der Waals surface area contributed by atoms with Crippen LogP contribution in [0.25, 0.3) is 0 Å². The maximum atomic E-state index is 6.04. The summed E-state index contributed by atoms with van der Waals surface area (Å²) >= 11 is 10.3. The maximum Gasteiger partial charge on any atom is 0.0670 e. The van der Waals surface area contributed by atoms with Crippen LogP contribution in [0.5, 0.6) is 0 Å². The monoisotopic (exact) mass is 245 g/mol. The van der Waals surface area contributed by atoms with Crippen molar-refractivity contribution in [1.29, 1.82) is 0 Å². The highest BCUT2D eigenvalue weighted by atomic mass is 35.5. The second-order valence-corrected chi connectivity index (χ2v) is 4.08. The van der Waals surface area contributed by atoms with E-state index in [0.717, 1.165) is 29.5 Å². The third-order valence-corrected chi connectivity index (χ3v) is 2.95. The smallest absolute Gasteiger partial charge is 0.0670 e. The molecular formula is C11H16ClNOS. The molecule has 0 bridgehead atoms. The molecule has 1 aromatic heterocycles. The number of pyridine rings is 1. The number of aromatic nitrogens is 1. The lowest BCUT2D eigenvalue weighted by molar-refractivity contribution is 0.00667. The SMILES string of the molecule is CC.Cc1nc(C2COC2)c(Cl)cc1S. The van der Waals surface area contributed by atoms with Gasteiger partial charge in [-0.3, -0.25) is 4.98 Å². The summed E-state index contributed by atoms with van der Waals surface area (Å²) in [5, 5.41) is 0.698. The van der Waals surface area contributed by atoms with Gasteiger partial charge in [0, 0.05) is 10.8 Å². The molecule has 2 heterocycles. The van der Waals surface area contributed by atoms with Gasteiger partial charge in [0.15, 0.2) is 0 Å². The predicted molar refractivity (Wildman–Crippen MR) is 66.1 cm³/mol. The van der Waals surface area contributed by atoms with Crippen LogP contribution in [0.4, 0.5) is 0 Å². The molecule has 2 rings (SSSR count). The standard InChI is InChI=1S/C9H10ClNOS.C2H6/c1-5-8(13)2-7(10)9(11-5)6-3-12-4-6;1-2/h2,6,13H,3-4H2,1H3;1-2H3. The minimum Gasteiger partial charge on any atom is -0.380 e. The molecule has 1 saturated heterocycles. The van der Waals surface area contributed by atoms with Crippen molar-refractivity contribution in [2.75, 3.05) is 13.2 Å². The Morgan fingerprint density at radius 1 is 1.47 bits per heavy atom. The molecule has 1 fully saturated rings. The number of hydrogen-bond acceptors (Lipinski definition) is 3. The molecule has 4 heteroatoms. The molecule has 15 heavy (non-hydrogen) atoms. The molecule has 2 nitrogen and oxygen atoms in total. The van der Waals surface area contributed by atoms with Gasteiger partial charge in [0.2, 0.25) is 0 Å². The van der Waals surface area contributed by atoms with Gasteiger partial charge in [0.25, 0.3) is 0 Å². The van der Waals surface area contributed by atoms with Gasteiger partial charge in [0.05, 0.1) is 29.6 Å². The second-order valence-electron chi connectivity index (χ2n) is 3.19. The van der Waals surface area contributed by atoms with E-state index in [1.807, 2.05) is 26.8 Å². The molecule has 0 amide bonds. The van der Waals surface area contributed by atoms with E-state index in [1.165, 1.54) is 0 Å². The summed E-state index contributed by atoms with van der Waals surface area (Å²) < 4.78 is 5.10. The third-order valence-electron chi connectivity index (χ3n) is 2.19. The van der Waals surface area contributed by atoms with Crippen molar-refractivity contribution in [2.45, 2.75) is 31.6 Å². The van der Waals surface area contributed by atoms with Crippen molar-refractivity contribution in [2.24, 2.45) is 0 Å². The summed E-state index contributed by atoms with van der Waals surface area (Å²) in [4.78, 5) is 5.25. The Bertz CT molecular complexity index is 340. The lowest BCUT2D eigenvalue weighted by atomic mass is 10.0. The zero-order chi connectivity index (χ0) is 11.4. The first-order valence-corrected chi connectivity index (χ1v) is 5.94. The number of nitrogens with zero attached hydrogens (tertiary/aromatic N) is 1. The van der Waals surface area contributed by atoms with Crippen LogP contribution in [0.15, 0.2) is 11.0 Å². The molecule has 0 spiro atoms. The fourth-order valence-corrected chi connectivity index (χ4v) is 1.83. The van der Waals surface area contributed by atoms with E-state index in [-0.39, 0.29) is 0 Å². The molecule has 0 unspecified atom stereocenters. The summed E-state index contributed by atoms with van der Waals surface area (Å²) in [5.41, 5.74) is 1.87. The zero-order valence-corrected chi connectivity index (χ0v) is 10.9. The van der Waals surface area contributed by atoms with Gasteiger partial charge in [-0.25, -0.2) is 0 Å². The topological polar surface area (TPSA) is 22.1 Å². The average Bonchev–Trinajstić information content (AvgIpc) is 2.15. The van der Waals surface area contributed by atoms with Crippen LogP contribution < -0.4 is 0 Å². The van der Waals surface area contributed by atoms with E-state index < -0.39 is 0 Å². The first-order chi connectivity index (χ1) is 7.18. The molecule has 0 aromatic carbocycles. The van der Waals surface area contributed by atoms with Gasteiger partial charge in [-0.2, -0.15) is 0 Å². The molecule has 0 radical (unpaired) electrons. The van der Waals surface area contributed by atoms with Gasteiger partial charge in [-0.1, -0.05) is 25.4 Å². The number of halogens is 1. The molecule has 84 valence electrons. The molecule has 0 aliphatic carbocycles. The number of aryl methyl sites for hydroxylation is 1. The minimum atomic E-state index is 0.375. The fraction of sp³-hybridized carbons (Fsp3) is 0.545. The Labute approximate surface area is 101 Å². The predicted octanol–water partition coefficient (Wildman–Crippen LogP) is 3.47. The molecule has 1 aliphatic heterocycles. The molecule has 0 atom stereocenters. The largest absolute Gasteiger partial charge is 0.380 e. The fourth-order valence-electron chi connectivity index (χ4n) is 1.27. The Hall–Kier alpha value is -0.250. The number of thiol groups is 1. The van der Waals surface area contributed by atoms with E-state index in [0.29, 0.717) is 10.9 Å². The first-order valence-electron chi connectivity index (χ1n) is 5.12. The van der Waals surface area contributed by atoms with Gasteiger partial charge in [-0.05, 0) is 13.0 Å². The normalized spacial score (nSPS) is 15.3. The van der Waals surface area contributed by atoms with E-state index in [2.05, 4.69) is 17.6 Å². The Kier molecular flexibility index (Phi) is 4.90. The van der Waals surface area contributed by atoms with E-state index in [1.54, 1.807) is 0 Å². The molecule has 1 aromatic rings. The highest BCUT2D eigenvalue weighted by Gasteiger charge is 2.24. The highest BCUT2D eigenvalue weighted by Crippen LogP contribution is 2.30.